The van der Waals surface area contributed by atoms with Crippen LogP contribution >= 0.6 is 11.6 Å². The van der Waals surface area contributed by atoms with Crippen molar-refractivity contribution in [3.63, 3.8) is 0 Å². The summed E-state index contributed by atoms with van der Waals surface area (Å²) in [5.74, 6) is -1.22. The largest absolute Gasteiger partial charge is 0.325 e. The number of amides is 4. The first-order chi connectivity index (χ1) is 15.5. The van der Waals surface area contributed by atoms with Crippen LogP contribution in [-0.2, 0) is 25.2 Å². The number of rotatable bonds is 8. The minimum atomic E-state index is -3.75. The summed E-state index contributed by atoms with van der Waals surface area (Å²) in [7, 11) is -0.981. The number of hydrogen-bond donors (Lipinski definition) is 2. The van der Waals surface area contributed by atoms with Gasteiger partial charge in [0.15, 0.2) is 0 Å². The molecule has 1 aliphatic rings. The Balaban J connectivity index is 1.83. The van der Waals surface area contributed by atoms with Gasteiger partial charge in [-0.2, -0.15) is 0 Å². The number of nitrogens with one attached hydrogen (secondary N) is 2. The van der Waals surface area contributed by atoms with Crippen LogP contribution in [0.2, 0.25) is 5.02 Å². The summed E-state index contributed by atoms with van der Waals surface area (Å²) in [6, 6.07) is 12.1. The molecule has 0 spiro atoms. The SMILES string of the molecule is CCCC1(c2ccccc2)NC(=O)N(CC(=O)Nc2cc(S(=O)(=O)N(C)C)ccc2Cl)C1=O. The lowest BCUT2D eigenvalue weighted by atomic mass is 9.85. The van der Waals surface area contributed by atoms with E-state index in [1.54, 1.807) is 24.3 Å². The van der Waals surface area contributed by atoms with Crippen molar-refractivity contribution in [1.82, 2.24) is 14.5 Å². The summed E-state index contributed by atoms with van der Waals surface area (Å²) in [5, 5.41) is 5.37. The van der Waals surface area contributed by atoms with Gasteiger partial charge in [0.05, 0.1) is 15.6 Å². The van der Waals surface area contributed by atoms with Gasteiger partial charge in [-0.25, -0.2) is 17.5 Å². The summed E-state index contributed by atoms with van der Waals surface area (Å²) in [5.41, 5.74) is -0.553. The molecule has 176 valence electrons. The lowest BCUT2D eigenvalue weighted by Gasteiger charge is -2.26. The van der Waals surface area contributed by atoms with Gasteiger partial charge in [0.25, 0.3) is 5.91 Å². The van der Waals surface area contributed by atoms with Crippen molar-refractivity contribution in [3.05, 3.63) is 59.1 Å². The molecule has 1 unspecified atom stereocenters. The number of anilines is 1. The molecule has 0 saturated carbocycles. The Morgan fingerprint density at radius 2 is 1.82 bits per heavy atom. The van der Waals surface area contributed by atoms with Gasteiger partial charge in [0, 0.05) is 14.1 Å². The topological polar surface area (TPSA) is 116 Å². The molecule has 0 bridgehead atoms. The molecule has 3 rings (SSSR count). The zero-order valence-corrected chi connectivity index (χ0v) is 20.0. The minimum absolute atomic E-state index is 0.0551. The average molecular weight is 493 g/mol. The van der Waals surface area contributed by atoms with E-state index in [1.165, 1.54) is 32.3 Å². The van der Waals surface area contributed by atoms with Crippen LogP contribution in [-0.4, -0.2) is 56.1 Å². The Labute approximate surface area is 197 Å². The molecule has 2 N–H and O–H groups in total. The summed E-state index contributed by atoms with van der Waals surface area (Å²) >= 11 is 6.13. The van der Waals surface area contributed by atoms with Crippen molar-refractivity contribution in [2.45, 2.75) is 30.2 Å². The van der Waals surface area contributed by atoms with Gasteiger partial charge in [0.1, 0.15) is 12.1 Å². The molecule has 1 fully saturated rings. The van der Waals surface area contributed by atoms with Crippen molar-refractivity contribution in [2.24, 2.45) is 0 Å². The van der Waals surface area contributed by atoms with E-state index >= 15 is 0 Å². The Bertz CT molecular complexity index is 1190. The molecule has 4 amide bonds. The van der Waals surface area contributed by atoms with Crippen LogP contribution in [0.25, 0.3) is 0 Å². The number of carbonyl (C=O) groups is 3. The zero-order valence-electron chi connectivity index (χ0n) is 18.5. The molecular weight excluding hydrogens is 468 g/mol. The van der Waals surface area contributed by atoms with E-state index in [1.807, 2.05) is 13.0 Å². The number of imide groups is 1. The third-order valence-corrected chi connectivity index (χ3v) is 7.50. The highest BCUT2D eigenvalue weighted by molar-refractivity contribution is 7.89. The standard InChI is InChI=1S/C22H25ClN4O5S/c1-4-12-22(15-8-6-5-7-9-15)20(29)27(21(30)25-22)14-19(28)24-18-13-16(10-11-17(18)23)33(31,32)26(2)3/h5-11,13H,4,12,14H2,1-3H3,(H,24,28)(H,25,30). The van der Waals surface area contributed by atoms with Crippen LogP contribution in [0.4, 0.5) is 10.5 Å². The predicted octanol–water partition coefficient (Wildman–Crippen LogP) is 2.78. The smallest absolute Gasteiger partial charge is 0.323 e. The van der Waals surface area contributed by atoms with Gasteiger partial charge in [-0.05, 0) is 30.2 Å². The molecule has 33 heavy (non-hydrogen) atoms. The third kappa shape index (κ3) is 4.73. The second kappa shape index (κ2) is 9.50. The summed E-state index contributed by atoms with van der Waals surface area (Å²) in [6.45, 7) is 1.35. The zero-order chi connectivity index (χ0) is 24.4. The van der Waals surface area contributed by atoms with Gasteiger partial charge in [-0.15, -0.1) is 0 Å². The second-order valence-electron chi connectivity index (χ2n) is 7.82. The molecule has 1 heterocycles. The van der Waals surface area contributed by atoms with E-state index < -0.39 is 40.0 Å². The maximum atomic E-state index is 13.3. The number of sulfonamides is 1. The fraction of sp³-hybridized carbons (Fsp3) is 0.318. The second-order valence-corrected chi connectivity index (χ2v) is 10.4. The molecular formula is C22H25ClN4O5S. The fourth-order valence-electron chi connectivity index (χ4n) is 3.68. The lowest BCUT2D eigenvalue weighted by Crippen LogP contribution is -2.44. The highest BCUT2D eigenvalue weighted by atomic mass is 35.5. The Kier molecular flexibility index (Phi) is 7.11. The first-order valence-electron chi connectivity index (χ1n) is 10.2. The normalized spacial score (nSPS) is 18.5. The molecule has 2 aromatic carbocycles. The molecule has 11 heteroatoms. The Hall–Kier alpha value is -2.95. The molecule has 0 aliphatic carbocycles. The van der Waals surface area contributed by atoms with Gasteiger partial charge >= 0.3 is 6.03 Å². The van der Waals surface area contributed by atoms with Gasteiger partial charge < -0.3 is 10.6 Å². The lowest BCUT2D eigenvalue weighted by molar-refractivity contribution is -0.134. The number of halogens is 1. The van der Waals surface area contributed by atoms with Crippen LogP contribution in [0, 0.1) is 0 Å². The third-order valence-electron chi connectivity index (χ3n) is 5.36. The van der Waals surface area contributed by atoms with Crippen molar-refractivity contribution in [1.29, 1.82) is 0 Å². The van der Waals surface area contributed by atoms with Crippen LogP contribution in [0.1, 0.15) is 25.3 Å². The number of carbonyl (C=O) groups excluding carboxylic acids is 3. The maximum Gasteiger partial charge on any atom is 0.325 e. The van der Waals surface area contributed by atoms with Gasteiger partial charge in [0.2, 0.25) is 15.9 Å². The van der Waals surface area contributed by atoms with Gasteiger partial charge in [-0.3, -0.25) is 14.5 Å². The average Bonchev–Trinajstić information content (AvgIpc) is 3.01. The fourth-order valence-corrected chi connectivity index (χ4v) is 4.77. The van der Waals surface area contributed by atoms with Crippen LogP contribution < -0.4 is 10.6 Å². The van der Waals surface area contributed by atoms with E-state index in [0.29, 0.717) is 18.4 Å². The first kappa shape index (κ1) is 24.7. The molecule has 1 aliphatic heterocycles. The quantitative estimate of drug-likeness (QED) is 0.550. The highest BCUT2D eigenvalue weighted by Gasteiger charge is 2.52. The van der Waals surface area contributed by atoms with Crippen molar-refractivity contribution in [3.8, 4) is 0 Å². The van der Waals surface area contributed by atoms with E-state index in [2.05, 4.69) is 10.6 Å². The van der Waals surface area contributed by atoms with E-state index in [-0.39, 0.29) is 15.6 Å². The Morgan fingerprint density at radius 1 is 1.15 bits per heavy atom. The summed E-state index contributed by atoms with van der Waals surface area (Å²) < 4.78 is 25.8. The van der Waals surface area contributed by atoms with E-state index in [9.17, 15) is 22.8 Å². The highest BCUT2D eigenvalue weighted by Crippen LogP contribution is 2.34. The molecule has 2 aromatic rings. The van der Waals surface area contributed by atoms with E-state index in [4.69, 9.17) is 11.6 Å². The molecule has 1 saturated heterocycles. The number of nitrogens with zero attached hydrogens (tertiary/aromatic N) is 2. The van der Waals surface area contributed by atoms with Crippen molar-refractivity contribution in [2.75, 3.05) is 26.0 Å². The number of urea groups is 1. The monoisotopic (exact) mass is 492 g/mol. The Morgan fingerprint density at radius 3 is 2.42 bits per heavy atom. The summed E-state index contributed by atoms with van der Waals surface area (Å²) in [6.07, 6.45) is 1.000. The molecule has 0 radical (unpaired) electrons. The van der Waals surface area contributed by atoms with Crippen LogP contribution in [0.3, 0.4) is 0 Å². The molecule has 0 aromatic heterocycles. The van der Waals surface area contributed by atoms with Crippen molar-refractivity contribution >= 4 is 45.2 Å². The predicted molar refractivity (Wildman–Crippen MR) is 124 cm³/mol. The maximum absolute atomic E-state index is 13.3. The number of hydrogen-bond acceptors (Lipinski definition) is 5. The molecule has 1 atom stereocenters. The summed E-state index contributed by atoms with van der Waals surface area (Å²) in [4.78, 5) is 39.5. The number of benzene rings is 2. The van der Waals surface area contributed by atoms with Crippen LogP contribution in [0.5, 0.6) is 0 Å². The van der Waals surface area contributed by atoms with Gasteiger partial charge in [-0.1, -0.05) is 55.3 Å². The van der Waals surface area contributed by atoms with Crippen molar-refractivity contribution < 1.29 is 22.8 Å². The first-order valence-corrected chi connectivity index (χ1v) is 12.1. The van der Waals surface area contributed by atoms with Crippen LogP contribution in [0.15, 0.2) is 53.4 Å². The van der Waals surface area contributed by atoms with E-state index in [0.717, 1.165) is 9.21 Å². The minimum Gasteiger partial charge on any atom is -0.323 e. The molecule has 9 nitrogen and oxygen atoms in total.